The van der Waals surface area contributed by atoms with Gasteiger partial charge in [-0.15, -0.1) is 0 Å². The minimum atomic E-state index is -1.47. The number of hydrazine groups is 1. The molecule has 178 valence electrons. The highest BCUT2D eigenvalue weighted by molar-refractivity contribution is 5.98. The van der Waals surface area contributed by atoms with Gasteiger partial charge in [0, 0.05) is 24.9 Å². The first kappa shape index (κ1) is 23.4. The number of hydrogen-bond donors (Lipinski definition) is 0. The third-order valence-corrected chi connectivity index (χ3v) is 5.46. The number of hydrogen-bond acceptors (Lipinski definition) is 5. The number of anilines is 1. The van der Waals surface area contributed by atoms with E-state index >= 15 is 0 Å². The van der Waals surface area contributed by atoms with Gasteiger partial charge in [-0.2, -0.15) is 0 Å². The Hall–Kier alpha value is -3.75. The summed E-state index contributed by atoms with van der Waals surface area (Å²) < 4.78 is 48.7. The number of aromatic nitrogens is 2. The molecule has 2 heterocycles. The van der Waals surface area contributed by atoms with Gasteiger partial charge in [0.15, 0.2) is 17.5 Å². The maximum Gasteiger partial charge on any atom is 0.194 e. The second-order valence-corrected chi connectivity index (χ2v) is 7.90. The Balaban J connectivity index is 1.61. The molecule has 1 aliphatic rings. The zero-order chi connectivity index (χ0) is 24.2. The molecular weight excluding hydrogens is 443 g/mol. The van der Waals surface area contributed by atoms with E-state index in [2.05, 4.69) is 9.98 Å². The van der Waals surface area contributed by atoms with Gasteiger partial charge in [-0.05, 0) is 37.1 Å². The summed E-state index contributed by atoms with van der Waals surface area (Å²) in [5.74, 6) is -2.57. The molecule has 0 fully saturated rings. The third kappa shape index (κ3) is 4.78. The average Bonchev–Trinajstić information content (AvgIpc) is 3.27. The Morgan fingerprint density at radius 3 is 2.50 bits per heavy atom. The largest absolute Gasteiger partial charge is 0.495 e. The summed E-state index contributed by atoms with van der Waals surface area (Å²) in [7, 11) is 1.61. The summed E-state index contributed by atoms with van der Waals surface area (Å²) in [5, 5.41) is 3.58. The monoisotopic (exact) mass is 469 g/mol. The van der Waals surface area contributed by atoms with Crippen LogP contribution in [-0.2, 0) is 0 Å². The van der Waals surface area contributed by atoms with E-state index in [4.69, 9.17) is 4.74 Å². The molecule has 1 aromatic heterocycles. The van der Waals surface area contributed by atoms with Crippen LogP contribution in [0.4, 0.5) is 18.9 Å². The molecule has 0 atom stereocenters. The first-order chi connectivity index (χ1) is 16.4. The molecule has 9 heteroatoms. The summed E-state index contributed by atoms with van der Waals surface area (Å²) in [6.07, 6.45) is 8.19. The van der Waals surface area contributed by atoms with Crippen LogP contribution in [0.2, 0.25) is 0 Å². The van der Waals surface area contributed by atoms with Crippen LogP contribution < -0.4 is 9.75 Å². The number of halogens is 3. The summed E-state index contributed by atoms with van der Waals surface area (Å²) in [4.78, 5) is 8.86. The zero-order valence-corrected chi connectivity index (χ0v) is 19.3. The number of methoxy groups -OCH3 is 1. The molecule has 0 spiro atoms. The standard InChI is InChI=1S/C25H26F3N5O/c1-4-10-33-24(29-9-11-32(33)19-13-20(26)25(28)21(27)14-19)8-6-18-5-7-22(23(12-18)34-3)31-15-17(2)30-16-31/h5-8,12-16H,4,9-11H2,1-3H3. The highest BCUT2D eigenvalue weighted by atomic mass is 19.2. The second kappa shape index (κ2) is 10.0. The fraction of sp³-hybridized carbons (Fsp3) is 0.280. The predicted molar refractivity (Wildman–Crippen MR) is 127 cm³/mol. The molecule has 34 heavy (non-hydrogen) atoms. The van der Waals surface area contributed by atoms with Gasteiger partial charge in [-0.1, -0.05) is 19.1 Å². The van der Waals surface area contributed by atoms with Crippen molar-refractivity contribution in [3.63, 3.8) is 0 Å². The molecule has 0 amide bonds. The van der Waals surface area contributed by atoms with Crippen LogP contribution in [0, 0.1) is 24.4 Å². The molecular formula is C25H26F3N5O. The number of nitrogens with zero attached hydrogens (tertiary/aromatic N) is 5. The predicted octanol–water partition coefficient (Wildman–Crippen LogP) is 5.17. The van der Waals surface area contributed by atoms with Crippen LogP contribution in [0.3, 0.4) is 0 Å². The molecule has 0 N–H and O–H groups in total. The van der Waals surface area contributed by atoms with Crippen LogP contribution in [0.15, 0.2) is 53.9 Å². The molecule has 0 unspecified atom stereocenters. The van der Waals surface area contributed by atoms with E-state index < -0.39 is 17.5 Å². The maximum atomic E-state index is 13.9. The topological polar surface area (TPSA) is 45.9 Å². The van der Waals surface area contributed by atoms with Gasteiger partial charge in [-0.25, -0.2) is 18.2 Å². The van der Waals surface area contributed by atoms with E-state index in [1.54, 1.807) is 18.4 Å². The van der Waals surface area contributed by atoms with Crippen molar-refractivity contribution in [2.75, 3.05) is 31.8 Å². The number of aliphatic imine (C=N–C) groups is 1. The summed E-state index contributed by atoms with van der Waals surface area (Å²) in [6, 6.07) is 7.84. The van der Waals surface area contributed by atoms with Crippen molar-refractivity contribution in [2.24, 2.45) is 4.99 Å². The molecule has 0 radical (unpaired) electrons. The number of amidine groups is 1. The SMILES string of the molecule is CCCN1C(C=Cc2ccc(-n3cnc(C)c3)c(OC)c2)=NCCN1c1cc(F)c(F)c(F)c1. The fourth-order valence-electron chi connectivity index (χ4n) is 3.87. The van der Waals surface area contributed by atoms with Crippen LogP contribution >= 0.6 is 0 Å². The lowest BCUT2D eigenvalue weighted by Gasteiger charge is -2.40. The Bertz CT molecular complexity index is 1210. The summed E-state index contributed by atoms with van der Waals surface area (Å²) in [6.45, 7) is 5.36. The lowest BCUT2D eigenvalue weighted by molar-refractivity contribution is 0.367. The normalized spacial score (nSPS) is 14.1. The van der Waals surface area contributed by atoms with Gasteiger partial charge in [0.2, 0.25) is 0 Å². The molecule has 0 saturated carbocycles. The lowest BCUT2D eigenvalue weighted by Crippen LogP contribution is -2.51. The molecule has 0 aliphatic carbocycles. The number of imidazole rings is 1. The van der Waals surface area contributed by atoms with Gasteiger partial charge in [0.05, 0.1) is 43.6 Å². The van der Waals surface area contributed by atoms with Crippen molar-refractivity contribution in [3.05, 3.63) is 77.6 Å². The zero-order valence-electron chi connectivity index (χ0n) is 19.3. The first-order valence-corrected chi connectivity index (χ1v) is 11.0. The number of ether oxygens (including phenoxy) is 1. The number of aryl methyl sites for hydroxylation is 1. The number of benzene rings is 2. The Labute approximate surface area is 196 Å². The van der Waals surface area contributed by atoms with Crippen molar-refractivity contribution in [3.8, 4) is 11.4 Å². The molecule has 4 rings (SSSR count). The quantitative estimate of drug-likeness (QED) is 0.448. The summed E-state index contributed by atoms with van der Waals surface area (Å²) >= 11 is 0. The van der Waals surface area contributed by atoms with Crippen molar-refractivity contribution >= 4 is 17.6 Å². The maximum absolute atomic E-state index is 13.9. The first-order valence-electron chi connectivity index (χ1n) is 11.0. The number of rotatable bonds is 7. The lowest BCUT2D eigenvalue weighted by atomic mass is 10.1. The Morgan fingerprint density at radius 2 is 1.85 bits per heavy atom. The van der Waals surface area contributed by atoms with E-state index in [1.165, 1.54) is 0 Å². The van der Waals surface area contributed by atoms with Gasteiger partial charge < -0.3 is 9.30 Å². The van der Waals surface area contributed by atoms with Crippen molar-refractivity contribution in [1.82, 2.24) is 14.6 Å². The molecule has 2 aromatic carbocycles. The second-order valence-electron chi connectivity index (χ2n) is 7.90. The van der Waals surface area contributed by atoms with Crippen LogP contribution in [0.5, 0.6) is 5.75 Å². The van der Waals surface area contributed by atoms with Crippen LogP contribution in [-0.4, -0.2) is 47.1 Å². The van der Waals surface area contributed by atoms with Crippen molar-refractivity contribution < 1.29 is 17.9 Å². The highest BCUT2D eigenvalue weighted by Crippen LogP contribution is 2.27. The van der Waals surface area contributed by atoms with E-state index in [9.17, 15) is 13.2 Å². The van der Waals surface area contributed by atoms with Gasteiger partial charge in [0.1, 0.15) is 11.6 Å². The van der Waals surface area contributed by atoms with E-state index in [1.807, 2.05) is 60.0 Å². The Kier molecular flexibility index (Phi) is 6.90. The Morgan fingerprint density at radius 1 is 1.09 bits per heavy atom. The molecule has 0 bridgehead atoms. The van der Waals surface area contributed by atoms with Crippen LogP contribution in [0.25, 0.3) is 11.8 Å². The molecule has 3 aromatic rings. The molecule has 0 saturated heterocycles. The van der Waals surface area contributed by atoms with E-state index in [0.717, 1.165) is 35.5 Å². The van der Waals surface area contributed by atoms with Gasteiger partial charge >= 0.3 is 0 Å². The minimum absolute atomic E-state index is 0.243. The van der Waals surface area contributed by atoms with Gasteiger partial charge in [-0.3, -0.25) is 15.0 Å². The van der Waals surface area contributed by atoms with E-state index in [-0.39, 0.29) is 5.69 Å². The van der Waals surface area contributed by atoms with Crippen LogP contribution in [0.1, 0.15) is 24.6 Å². The third-order valence-electron chi connectivity index (χ3n) is 5.46. The summed E-state index contributed by atoms with van der Waals surface area (Å²) in [5.41, 5.74) is 2.91. The molecule has 6 nitrogen and oxygen atoms in total. The minimum Gasteiger partial charge on any atom is -0.495 e. The fourth-order valence-corrected chi connectivity index (χ4v) is 3.87. The smallest absolute Gasteiger partial charge is 0.194 e. The van der Waals surface area contributed by atoms with E-state index in [0.29, 0.717) is 31.2 Å². The van der Waals surface area contributed by atoms with Crippen molar-refractivity contribution in [1.29, 1.82) is 0 Å². The molecule has 1 aliphatic heterocycles. The highest BCUT2D eigenvalue weighted by Gasteiger charge is 2.24. The van der Waals surface area contributed by atoms with Crippen molar-refractivity contribution in [2.45, 2.75) is 20.3 Å². The van der Waals surface area contributed by atoms with Gasteiger partial charge in [0.25, 0.3) is 0 Å². The average molecular weight is 470 g/mol.